The number of alkyl carbamates (subject to hydrolysis) is 1. The van der Waals surface area contributed by atoms with Crippen LogP contribution < -0.4 is 11.1 Å². The summed E-state index contributed by atoms with van der Waals surface area (Å²) in [7, 11) is -2.85. The molecule has 4 aromatic rings. The van der Waals surface area contributed by atoms with Crippen LogP contribution in [0.1, 0.15) is 46.2 Å². The number of allylic oxidation sites excluding steroid dienone is 6. The molecule has 0 bridgehead atoms. The van der Waals surface area contributed by atoms with Crippen LogP contribution in [-0.2, 0) is 48.6 Å². The molecule has 0 aliphatic rings. The Morgan fingerprint density at radius 1 is 0.508 bits per heavy atom. The van der Waals surface area contributed by atoms with Gasteiger partial charge < -0.3 is 20.5 Å². The Morgan fingerprint density at radius 3 is 1.19 bits per heavy atom. The number of benzene rings is 4. The Balaban J connectivity index is 0.000000376. The van der Waals surface area contributed by atoms with E-state index >= 15 is 0 Å². The van der Waals surface area contributed by atoms with Crippen molar-refractivity contribution in [1.82, 2.24) is 5.32 Å². The zero-order chi connectivity index (χ0) is 46.0. The highest BCUT2D eigenvalue weighted by atomic mass is 35.5. The highest BCUT2D eigenvalue weighted by Crippen LogP contribution is 2.31. The number of nitrogens with one attached hydrogen (secondary N) is 1. The second kappa shape index (κ2) is 32.4. The second-order valence-corrected chi connectivity index (χ2v) is 25.7. The standard InChI is InChI=1S/C27H35NO2Si.C20H27ClO2Si.C7H9N/c1-4-18-31(19-5-2,20-6-3)21-10-13-24-14-16-26(17-15-24)23-30-27(29)28-22-25-11-8-7-9-12-25;1-4-13-24(14-5-2,15-6-3)16-7-8-18-9-11-19(12-10-18)17-23-20(21)22;8-6-7-4-2-1-3-5-7/h4-9,11-12,14-17H,1-3,10,13,18-23H2,(H,28,29);4-6,9-12H,1-3,7-8,13-17H2;1-5H,6,8H2. The molecule has 4 rings (SSSR count). The lowest BCUT2D eigenvalue weighted by Crippen LogP contribution is -2.32. The summed E-state index contributed by atoms with van der Waals surface area (Å²) in [6, 6.07) is 45.5. The summed E-state index contributed by atoms with van der Waals surface area (Å²) in [4.78, 5) is 22.5. The van der Waals surface area contributed by atoms with E-state index in [1.54, 1.807) is 0 Å². The summed E-state index contributed by atoms with van der Waals surface area (Å²) in [6.07, 6.45) is 16.4. The lowest BCUT2D eigenvalue weighted by Gasteiger charge is -2.28. The minimum absolute atomic E-state index is 0.219. The number of carbonyl (C=O) groups excluding carboxylic acids is 2. The van der Waals surface area contributed by atoms with Gasteiger partial charge in [0.1, 0.15) is 13.2 Å². The van der Waals surface area contributed by atoms with Crippen LogP contribution in [0.4, 0.5) is 9.59 Å². The van der Waals surface area contributed by atoms with E-state index in [0.717, 1.165) is 72.2 Å². The quantitative estimate of drug-likeness (QED) is 0.0353. The van der Waals surface area contributed by atoms with Gasteiger partial charge in [-0.15, -0.1) is 39.5 Å². The molecular weight excluding hydrogens is 832 g/mol. The predicted molar refractivity (Wildman–Crippen MR) is 275 cm³/mol. The topological polar surface area (TPSA) is 90.6 Å². The smallest absolute Gasteiger partial charge is 0.407 e. The molecule has 0 saturated carbocycles. The summed E-state index contributed by atoms with van der Waals surface area (Å²) < 4.78 is 10.1. The summed E-state index contributed by atoms with van der Waals surface area (Å²) in [5.41, 5.74) is 11.4. The molecule has 336 valence electrons. The molecule has 6 nitrogen and oxygen atoms in total. The van der Waals surface area contributed by atoms with Gasteiger partial charge in [0.15, 0.2) is 0 Å². The molecule has 1 amide bonds. The lowest BCUT2D eigenvalue weighted by atomic mass is 10.1. The van der Waals surface area contributed by atoms with E-state index in [1.807, 2.05) is 84.9 Å². The van der Waals surface area contributed by atoms with Crippen LogP contribution in [0.15, 0.2) is 185 Å². The Hall–Kier alpha value is -5.26. The maximum Gasteiger partial charge on any atom is 0.407 e. The first-order chi connectivity index (χ1) is 30.6. The second-order valence-electron chi connectivity index (χ2n) is 15.9. The number of carbonyl (C=O) groups is 2. The summed E-state index contributed by atoms with van der Waals surface area (Å²) >= 11 is 5.17. The monoisotopic (exact) mass is 902 g/mol. The third kappa shape index (κ3) is 23.1. The van der Waals surface area contributed by atoms with Gasteiger partial charge in [0.2, 0.25) is 0 Å². The van der Waals surface area contributed by atoms with Crippen molar-refractivity contribution in [3.63, 3.8) is 0 Å². The fourth-order valence-electron chi connectivity index (χ4n) is 7.61. The summed E-state index contributed by atoms with van der Waals surface area (Å²) in [5.74, 6) is 0. The van der Waals surface area contributed by atoms with Crippen LogP contribution in [0.5, 0.6) is 0 Å². The van der Waals surface area contributed by atoms with Crippen molar-refractivity contribution in [2.24, 2.45) is 5.73 Å². The number of hydrogen-bond donors (Lipinski definition) is 2. The highest BCUT2D eigenvalue weighted by molar-refractivity contribution is 6.81. The molecule has 3 N–H and O–H groups in total. The molecule has 0 saturated heterocycles. The van der Waals surface area contributed by atoms with Crippen LogP contribution in [0.2, 0.25) is 48.4 Å². The van der Waals surface area contributed by atoms with Crippen molar-refractivity contribution in [2.75, 3.05) is 0 Å². The summed E-state index contributed by atoms with van der Waals surface area (Å²) in [6.45, 7) is 25.3. The molecule has 0 aliphatic heterocycles. The van der Waals surface area contributed by atoms with E-state index in [0.29, 0.717) is 13.1 Å². The molecule has 0 heterocycles. The van der Waals surface area contributed by atoms with Gasteiger partial charge in [0, 0.05) is 24.7 Å². The van der Waals surface area contributed by atoms with E-state index in [1.165, 1.54) is 35.2 Å². The zero-order valence-electron chi connectivity index (χ0n) is 37.5. The molecule has 0 aromatic heterocycles. The van der Waals surface area contributed by atoms with E-state index in [9.17, 15) is 9.59 Å². The Labute approximate surface area is 386 Å². The maximum atomic E-state index is 11.9. The third-order valence-corrected chi connectivity index (χ3v) is 20.8. The van der Waals surface area contributed by atoms with Crippen LogP contribution >= 0.6 is 11.6 Å². The Morgan fingerprint density at radius 2 is 0.857 bits per heavy atom. The van der Waals surface area contributed by atoms with Gasteiger partial charge in [0.25, 0.3) is 0 Å². The Kier molecular flexibility index (Phi) is 27.7. The van der Waals surface area contributed by atoms with Gasteiger partial charge in [-0.25, -0.2) is 9.59 Å². The van der Waals surface area contributed by atoms with Crippen LogP contribution in [0.25, 0.3) is 0 Å². The van der Waals surface area contributed by atoms with Crippen LogP contribution in [0.3, 0.4) is 0 Å². The fraction of sp³-hybridized carbons (Fsp3) is 0.296. The van der Waals surface area contributed by atoms with Gasteiger partial charge in [0.05, 0.1) is 16.1 Å². The van der Waals surface area contributed by atoms with Gasteiger partial charge in [-0.1, -0.05) is 171 Å². The molecule has 63 heavy (non-hydrogen) atoms. The molecule has 0 fully saturated rings. The SMILES string of the molecule is C=CC[Si](CC=C)(CC=C)CCCc1ccc(COC(=O)Cl)cc1.C=CC[Si](CC=C)(CC=C)CCCc1ccc(COC(=O)NCc2ccccc2)cc1.NCc1ccccc1. The number of rotatable bonds is 27. The molecule has 0 unspecified atom stereocenters. The first-order valence-electron chi connectivity index (χ1n) is 21.9. The van der Waals surface area contributed by atoms with Crippen LogP contribution in [-0.4, -0.2) is 27.7 Å². The van der Waals surface area contributed by atoms with Crippen molar-refractivity contribution < 1.29 is 19.1 Å². The molecule has 0 spiro atoms. The average molecular weight is 904 g/mol. The third-order valence-electron chi connectivity index (χ3n) is 10.9. The molecule has 4 aromatic carbocycles. The Bertz CT molecular complexity index is 1880. The molecular formula is C54H71ClN2O4Si2. The average Bonchev–Trinajstić information content (AvgIpc) is 3.29. The number of amides is 1. The van der Waals surface area contributed by atoms with Gasteiger partial charge in [-0.2, -0.15) is 0 Å². The maximum absolute atomic E-state index is 11.9. The number of ether oxygens (including phenoxy) is 2. The molecule has 0 aliphatic carbocycles. The number of nitrogens with two attached hydrogens (primary N) is 1. The van der Waals surface area contributed by atoms with E-state index < -0.39 is 27.7 Å². The summed E-state index contributed by atoms with van der Waals surface area (Å²) in [5, 5.41) is 2.78. The fourth-order valence-corrected chi connectivity index (χ4v) is 15.4. The largest absolute Gasteiger partial charge is 0.449 e. The van der Waals surface area contributed by atoms with Crippen LogP contribution in [0, 0.1) is 0 Å². The molecule has 0 atom stereocenters. The van der Waals surface area contributed by atoms with Crippen molar-refractivity contribution in [1.29, 1.82) is 0 Å². The number of hydrogen-bond acceptors (Lipinski definition) is 5. The van der Waals surface area contributed by atoms with Gasteiger partial charge in [-0.05, 0) is 82.5 Å². The van der Waals surface area contributed by atoms with E-state index in [-0.39, 0.29) is 13.2 Å². The van der Waals surface area contributed by atoms with Crippen molar-refractivity contribution >= 4 is 39.3 Å². The minimum atomic E-state index is -1.44. The van der Waals surface area contributed by atoms with E-state index in [2.05, 4.69) is 106 Å². The zero-order valence-corrected chi connectivity index (χ0v) is 40.3. The van der Waals surface area contributed by atoms with E-state index in [4.69, 9.17) is 26.8 Å². The van der Waals surface area contributed by atoms with Crippen molar-refractivity contribution in [2.45, 2.75) is 100 Å². The lowest BCUT2D eigenvalue weighted by molar-refractivity contribution is 0.139. The minimum Gasteiger partial charge on any atom is -0.449 e. The van der Waals surface area contributed by atoms with Gasteiger partial charge >= 0.3 is 11.5 Å². The van der Waals surface area contributed by atoms with Crippen molar-refractivity contribution in [3.8, 4) is 0 Å². The predicted octanol–water partition coefficient (Wildman–Crippen LogP) is 14.7. The van der Waals surface area contributed by atoms with Crippen molar-refractivity contribution in [3.05, 3.63) is 219 Å². The number of aryl methyl sites for hydroxylation is 2. The normalized spacial score (nSPS) is 10.6. The first kappa shape index (κ1) is 53.9. The highest BCUT2D eigenvalue weighted by Gasteiger charge is 2.29. The molecule has 9 heteroatoms. The van der Waals surface area contributed by atoms with Gasteiger partial charge in [-0.3, -0.25) is 0 Å². The molecule has 0 radical (unpaired) electrons. The first-order valence-corrected chi connectivity index (χ1v) is 27.9. The number of halogens is 1.